The molecule has 1 heterocycles. The summed E-state index contributed by atoms with van der Waals surface area (Å²) in [5.41, 5.74) is 0.373. The SMILES string of the molecule is CN1CCCC(Nc2cc(Br)c(F)cc2F)CC1. The third-order valence-electron chi connectivity index (χ3n) is 3.32. The van der Waals surface area contributed by atoms with Crippen molar-refractivity contribution in [2.75, 3.05) is 25.5 Å². The number of hydrogen-bond acceptors (Lipinski definition) is 2. The van der Waals surface area contributed by atoms with Crippen LogP contribution in [0.5, 0.6) is 0 Å². The summed E-state index contributed by atoms with van der Waals surface area (Å²) in [6.45, 7) is 2.08. The van der Waals surface area contributed by atoms with Crippen LogP contribution in [0.15, 0.2) is 16.6 Å². The van der Waals surface area contributed by atoms with Crippen LogP contribution in [0.1, 0.15) is 19.3 Å². The van der Waals surface area contributed by atoms with E-state index < -0.39 is 11.6 Å². The van der Waals surface area contributed by atoms with Crippen molar-refractivity contribution in [1.29, 1.82) is 0 Å². The zero-order valence-corrected chi connectivity index (χ0v) is 11.9. The third-order valence-corrected chi connectivity index (χ3v) is 3.93. The van der Waals surface area contributed by atoms with Gasteiger partial charge < -0.3 is 10.2 Å². The van der Waals surface area contributed by atoms with E-state index in [0.29, 0.717) is 5.69 Å². The molecule has 100 valence electrons. The Kier molecular flexibility index (Phi) is 4.56. The first-order valence-electron chi connectivity index (χ1n) is 6.16. The van der Waals surface area contributed by atoms with Gasteiger partial charge >= 0.3 is 0 Å². The molecule has 0 aromatic heterocycles. The van der Waals surface area contributed by atoms with Crippen LogP contribution in [-0.4, -0.2) is 31.1 Å². The summed E-state index contributed by atoms with van der Waals surface area (Å²) in [7, 11) is 2.09. The lowest BCUT2D eigenvalue weighted by atomic mass is 10.1. The van der Waals surface area contributed by atoms with Crippen LogP contribution in [0.2, 0.25) is 0 Å². The molecule has 1 N–H and O–H groups in total. The van der Waals surface area contributed by atoms with Gasteiger partial charge in [-0.05, 0) is 61.4 Å². The second kappa shape index (κ2) is 5.97. The van der Waals surface area contributed by atoms with Crippen LogP contribution in [-0.2, 0) is 0 Å². The largest absolute Gasteiger partial charge is 0.380 e. The predicted octanol–water partition coefficient (Wildman–Crippen LogP) is 3.62. The molecule has 0 spiro atoms. The minimum atomic E-state index is -0.571. The van der Waals surface area contributed by atoms with E-state index in [9.17, 15) is 8.78 Å². The molecule has 18 heavy (non-hydrogen) atoms. The Morgan fingerprint density at radius 3 is 2.78 bits per heavy atom. The standard InChI is InChI=1S/C13H17BrF2N2/c1-18-5-2-3-9(4-6-18)17-13-7-10(14)11(15)8-12(13)16/h7-9,17H,2-6H2,1H3. The normalized spacial score (nSPS) is 21.7. The smallest absolute Gasteiger partial charge is 0.149 e. The fourth-order valence-corrected chi connectivity index (χ4v) is 2.58. The molecule has 1 aliphatic heterocycles. The Labute approximate surface area is 114 Å². The third kappa shape index (κ3) is 3.42. The molecule has 0 radical (unpaired) electrons. The number of hydrogen-bond donors (Lipinski definition) is 1. The maximum Gasteiger partial charge on any atom is 0.149 e. The van der Waals surface area contributed by atoms with Crippen molar-refractivity contribution in [3.05, 3.63) is 28.2 Å². The summed E-state index contributed by atoms with van der Waals surface area (Å²) in [6, 6.07) is 2.64. The molecule has 1 atom stereocenters. The van der Waals surface area contributed by atoms with E-state index in [0.717, 1.165) is 38.4 Å². The van der Waals surface area contributed by atoms with E-state index >= 15 is 0 Å². The highest BCUT2D eigenvalue weighted by Gasteiger charge is 2.17. The molecule has 5 heteroatoms. The quantitative estimate of drug-likeness (QED) is 0.838. The molecule has 1 aromatic rings. The van der Waals surface area contributed by atoms with Crippen LogP contribution >= 0.6 is 15.9 Å². The summed E-state index contributed by atoms with van der Waals surface area (Å²) < 4.78 is 27.1. The molecular weight excluding hydrogens is 302 g/mol. The molecule has 0 aliphatic carbocycles. The zero-order valence-electron chi connectivity index (χ0n) is 10.3. The van der Waals surface area contributed by atoms with Crippen LogP contribution in [0.4, 0.5) is 14.5 Å². The number of nitrogens with one attached hydrogen (secondary N) is 1. The van der Waals surface area contributed by atoms with Gasteiger partial charge in [-0.25, -0.2) is 8.78 Å². The molecule has 0 saturated carbocycles. The minimum Gasteiger partial charge on any atom is -0.380 e. The van der Waals surface area contributed by atoms with Gasteiger partial charge in [0.15, 0.2) is 0 Å². The molecule has 1 saturated heterocycles. The molecule has 1 aliphatic rings. The minimum absolute atomic E-state index is 0.252. The Hall–Kier alpha value is -0.680. The number of benzene rings is 1. The van der Waals surface area contributed by atoms with Crippen LogP contribution in [0.25, 0.3) is 0 Å². The zero-order chi connectivity index (χ0) is 13.1. The number of rotatable bonds is 2. The van der Waals surface area contributed by atoms with Crippen LogP contribution in [0.3, 0.4) is 0 Å². The lowest BCUT2D eigenvalue weighted by Crippen LogP contribution is -2.23. The molecular formula is C13H17BrF2N2. The van der Waals surface area contributed by atoms with Crippen molar-refractivity contribution in [1.82, 2.24) is 4.90 Å². The second-order valence-corrected chi connectivity index (χ2v) is 5.68. The Balaban J connectivity index is 2.06. The maximum atomic E-state index is 13.6. The summed E-state index contributed by atoms with van der Waals surface area (Å²) in [4.78, 5) is 2.28. The molecule has 1 aromatic carbocycles. The number of likely N-dealkylation sites (tertiary alicyclic amines) is 1. The van der Waals surface area contributed by atoms with Gasteiger partial charge in [0.1, 0.15) is 11.6 Å². The van der Waals surface area contributed by atoms with Crippen molar-refractivity contribution in [3.8, 4) is 0 Å². The topological polar surface area (TPSA) is 15.3 Å². The van der Waals surface area contributed by atoms with Gasteiger partial charge in [-0.2, -0.15) is 0 Å². The maximum absolute atomic E-state index is 13.6. The first-order chi connectivity index (χ1) is 8.56. The Morgan fingerprint density at radius 1 is 1.22 bits per heavy atom. The van der Waals surface area contributed by atoms with Gasteiger partial charge in [0.25, 0.3) is 0 Å². The van der Waals surface area contributed by atoms with Gasteiger partial charge in [0.05, 0.1) is 10.2 Å². The predicted molar refractivity (Wildman–Crippen MR) is 72.8 cm³/mol. The molecule has 1 unspecified atom stereocenters. The summed E-state index contributed by atoms with van der Waals surface area (Å²) >= 11 is 3.08. The second-order valence-electron chi connectivity index (χ2n) is 4.82. The van der Waals surface area contributed by atoms with E-state index in [1.165, 1.54) is 6.07 Å². The number of anilines is 1. The molecule has 2 nitrogen and oxygen atoms in total. The summed E-state index contributed by atoms with van der Waals surface area (Å²) in [6.07, 6.45) is 3.09. The number of halogens is 3. The lowest BCUT2D eigenvalue weighted by Gasteiger charge is -2.18. The average molecular weight is 319 g/mol. The van der Waals surface area contributed by atoms with Gasteiger partial charge in [0.2, 0.25) is 0 Å². The monoisotopic (exact) mass is 318 g/mol. The highest BCUT2D eigenvalue weighted by molar-refractivity contribution is 9.10. The van der Waals surface area contributed by atoms with E-state index in [1.54, 1.807) is 0 Å². The van der Waals surface area contributed by atoms with E-state index in [2.05, 4.69) is 33.2 Å². The van der Waals surface area contributed by atoms with Crippen molar-refractivity contribution in [2.24, 2.45) is 0 Å². The summed E-state index contributed by atoms with van der Waals surface area (Å²) in [5, 5.41) is 3.18. The fraction of sp³-hybridized carbons (Fsp3) is 0.538. The van der Waals surface area contributed by atoms with Crippen molar-refractivity contribution in [3.63, 3.8) is 0 Å². The van der Waals surface area contributed by atoms with E-state index in [4.69, 9.17) is 0 Å². The first kappa shape index (κ1) is 13.7. The average Bonchev–Trinajstić information content (AvgIpc) is 2.51. The number of nitrogens with zero attached hydrogens (tertiary/aromatic N) is 1. The Morgan fingerprint density at radius 2 is 2.00 bits per heavy atom. The molecule has 0 amide bonds. The van der Waals surface area contributed by atoms with Gasteiger partial charge in [-0.3, -0.25) is 0 Å². The van der Waals surface area contributed by atoms with Gasteiger partial charge in [-0.15, -0.1) is 0 Å². The van der Waals surface area contributed by atoms with Gasteiger partial charge in [0, 0.05) is 12.1 Å². The van der Waals surface area contributed by atoms with Crippen molar-refractivity contribution >= 4 is 21.6 Å². The first-order valence-corrected chi connectivity index (χ1v) is 6.95. The van der Waals surface area contributed by atoms with Gasteiger partial charge in [-0.1, -0.05) is 0 Å². The highest BCUT2D eigenvalue weighted by atomic mass is 79.9. The van der Waals surface area contributed by atoms with E-state index in [1.807, 2.05) is 0 Å². The molecule has 2 rings (SSSR count). The van der Waals surface area contributed by atoms with Crippen LogP contribution < -0.4 is 5.32 Å². The van der Waals surface area contributed by atoms with Crippen molar-refractivity contribution < 1.29 is 8.78 Å². The van der Waals surface area contributed by atoms with Crippen molar-refractivity contribution in [2.45, 2.75) is 25.3 Å². The molecule has 1 fully saturated rings. The lowest BCUT2D eigenvalue weighted by molar-refractivity contribution is 0.348. The fourth-order valence-electron chi connectivity index (χ4n) is 2.24. The highest BCUT2D eigenvalue weighted by Crippen LogP contribution is 2.25. The molecule has 0 bridgehead atoms. The van der Waals surface area contributed by atoms with E-state index in [-0.39, 0.29) is 10.5 Å². The Bertz CT molecular complexity index is 426. The van der Waals surface area contributed by atoms with Crippen LogP contribution in [0, 0.1) is 11.6 Å². The summed E-state index contributed by atoms with van der Waals surface area (Å²) in [5.74, 6) is -1.10.